The number of carbonyl (C=O) groups is 1. The summed E-state index contributed by atoms with van der Waals surface area (Å²) in [6, 6.07) is 3.87. The Morgan fingerprint density at radius 2 is 2.20 bits per heavy atom. The molecule has 0 bridgehead atoms. The molecule has 0 aliphatic carbocycles. The van der Waals surface area contributed by atoms with Crippen LogP contribution in [0, 0.1) is 0 Å². The van der Waals surface area contributed by atoms with E-state index >= 15 is 0 Å². The van der Waals surface area contributed by atoms with Gasteiger partial charge in [-0.05, 0) is 18.6 Å². The van der Waals surface area contributed by atoms with Gasteiger partial charge in [-0.15, -0.1) is 0 Å². The Morgan fingerprint density at radius 1 is 1.45 bits per heavy atom. The zero-order chi connectivity index (χ0) is 14.8. The molecule has 0 aliphatic rings. The third-order valence-corrected chi connectivity index (χ3v) is 3.78. The van der Waals surface area contributed by atoms with Crippen molar-refractivity contribution in [1.82, 2.24) is 15.2 Å². The summed E-state index contributed by atoms with van der Waals surface area (Å²) in [6.45, 7) is 1.90. The van der Waals surface area contributed by atoms with E-state index in [-0.39, 0.29) is 16.4 Å². The number of sulfonamides is 1. The number of carboxylic acid groups (broad SMARTS) is 1. The van der Waals surface area contributed by atoms with Crippen LogP contribution in [0.4, 0.5) is 5.82 Å². The van der Waals surface area contributed by atoms with E-state index in [0.717, 1.165) is 18.0 Å². The molecule has 0 fully saturated rings. The predicted octanol–water partition coefficient (Wildman–Crippen LogP) is 0.866. The van der Waals surface area contributed by atoms with Crippen molar-refractivity contribution in [2.45, 2.75) is 18.4 Å². The maximum absolute atomic E-state index is 12.0. The van der Waals surface area contributed by atoms with Gasteiger partial charge >= 0.3 is 5.97 Å². The number of anilines is 1. The number of hydrogen-bond donors (Lipinski definition) is 3. The largest absolute Gasteiger partial charge is 0.478 e. The van der Waals surface area contributed by atoms with Crippen LogP contribution in [-0.4, -0.2) is 34.7 Å². The minimum absolute atomic E-state index is 0.0861. The molecule has 0 amide bonds. The van der Waals surface area contributed by atoms with Crippen LogP contribution in [0.3, 0.4) is 0 Å². The molecule has 0 radical (unpaired) electrons. The van der Waals surface area contributed by atoms with Gasteiger partial charge in [-0.25, -0.2) is 9.78 Å². The lowest BCUT2D eigenvalue weighted by atomic mass is 10.3. The van der Waals surface area contributed by atoms with Gasteiger partial charge in [-0.1, -0.05) is 6.92 Å². The summed E-state index contributed by atoms with van der Waals surface area (Å²) in [6.07, 6.45) is 1.68. The highest BCUT2D eigenvalue weighted by atomic mass is 32.2. The van der Waals surface area contributed by atoms with Crippen molar-refractivity contribution in [1.29, 1.82) is 0 Å². The Bertz CT molecular complexity index is 721. The van der Waals surface area contributed by atoms with Gasteiger partial charge in [0.05, 0.1) is 5.56 Å². The molecule has 0 saturated heterocycles. The average molecular weight is 296 g/mol. The number of aromatic amines is 1. The van der Waals surface area contributed by atoms with Gasteiger partial charge in [0.2, 0.25) is 0 Å². The van der Waals surface area contributed by atoms with E-state index in [1.807, 2.05) is 6.92 Å². The van der Waals surface area contributed by atoms with Crippen molar-refractivity contribution < 1.29 is 18.3 Å². The molecule has 2 aromatic heterocycles. The van der Waals surface area contributed by atoms with Gasteiger partial charge in [0.25, 0.3) is 10.0 Å². The average Bonchev–Trinajstić information content (AvgIpc) is 2.85. The van der Waals surface area contributed by atoms with E-state index < -0.39 is 16.0 Å². The van der Waals surface area contributed by atoms with Gasteiger partial charge in [-0.3, -0.25) is 9.82 Å². The first-order chi connectivity index (χ1) is 9.42. The molecule has 8 nitrogen and oxygen atoms in total. The van der Waals surface area contributed by atoms with Crippen molar-refractivity contribution in [2.75, 3.05) is 4.72 Å². The fraction of sp³-hybridized carbons (Fsp3) is 0.182. The molecule has 2 heterocycles. The van der Waals surface area contributed by atoms with Crippen molar-refractivity contribution in [3.8, 4) is 0 Å². The molecule has 2 rings (SSSR count). The van der Waals surface area contributed by atoms with Crippen molar-refractivity contribution in [2.24, 2.45) is 0 Å². The lowest BCUT2D eigenvalue weighted by Gasteiger charge is -2.04. The van der Waals surface area contributed by atoms with E-state index in [4.69, 9.17) is 5.11 Å². The quantitative estimate of drug-likeness (QED) is 0.751. The lowest BCUT2D eigenvalue weighted by molar-refractivity contribution is 0.0696. The molecule has 20 heavy (non-hydrogen) atoms. The van der Waals surface area contributed by atoms with Crippen molar-refractivity contribution in [3.05, 3.63) is 35.7 Å². The third-order valence-electron chi connectivity index (χ3n) is 2.51. The number of carboxylic acids is 1. The molecule has 3 N–H and O–H groups in total. The number of nitrogens with zero attached hydrogens (tertiary/aromatic N) is 2. The Labute approximate surface area is 114 Å². The van der Waals surface area contributed by atoms with Crippen LogP contribution < -0.4 is 4.72 Å². The number of aromatic carboxylic acids is 1. The number of aryl methyl sites for hydroxylation is 1. The molecule has 0 unspecified atom stereocenters. The summed E-state index contributed by atoms with van der Waals surface area (Å²) >= 11 is 0. The standard InChI is InChI=1S/C11H12N4O4S/c1-2-8-5-9(14-13-8)15-20(18,19)10-4-3-7(6-12-10)11(16)17/h3-6H,2H2,1H3,(H,16,17)(H2,13,14,15). The zero-order valence-electron chi connectivity index (χ0n) is 10.5. The lowest BCUT2D eigenvalue weighted by Crippen LogP contribution is -2.15. The molecule has 2 aromatic rings. The topological polar surface area (TPSA) is 125 Å². The SMILES string of the molecule is CCc1cc(NS(=O)(=O)c2ccc(C(=O)O)cn2)n[nH]1. The summed E-state index contributed by atoms with van der Waals surface area (Å²) in [5.41, 5.74) is 0.703. The maximum atomic E-state index is 12.0. The summed E-state index contributed by atoms with van der Waals surface area (Å²) in [5.74, 6) is -1.01. The van der Waals surface area contributed by atoms with E-state index in [9.17, 15) is 13.2 Å². The third kappa shape index (κ3) is 2.94. The molecule has 9 heteroatoms. The predicted molar refractivity (Wildman–Crippen MR) is 70.0 cm³/mol. The van der Waals surface area contributed by atoms with Gasteiger partial charge < -0.3 is 5.11 Å². The second kappa shape index (κ2) is 5.29. The summed E-state index contributed by atoms with van der Waals surface area (Å²) in [5, 5.41) is 14.9. The van der Waals surface area contributed by atoms with Crippen LogP contribution >= 0.6 is 0 Å². The van der Waals surface area contributed by atoms with Crippen LogP contribution in [0.1, 0.15) is 23.0 Å². The molecule has 0 aromatic carbocycles. The van der Waals surface area contributed by atoms with Crippen LogP contribution in [0.2, 0.25) is 0 Å². The number of rotatable bonds is 5. The summed E-state index contributed by atoms with van der Waals surface area (Å²) < 4.78 is 26.3. The second-order valence-corrected chi connectivity index (χ2v) is 5.56. The molecule has 0 spiro atoms. The molecule has 106 valence electrons. The first-order valence-electron chi connectivity index (χ1n) is 5.69. The minimum atomic E-state index is -3.89. The molecule has 0 aliphatic heterocycles. The van der Waals surface area contributed by atoms with E-state index in [2.05, 4.69) is 19.9 Å². The van der Waals surface area contributed by atoms with E-state index in [0.29, 0.717) is 6.42 Å². The van der Waals surface area contributed by atoms with E-state index in [1.165, 1.54) is 6.07 Å². The summed E-state index contributed by atoms with van der Waals surface area (Å²) in [4.78, 5) is 14.3. The number of H-pyrrole nitrogens is 1. The Kier molecular flexibility index (Phi) is 3.70. The fourth-order valence-electron chi connectivity index (χ4n) is 1.45. The molecule has 0 atom stereocenters. The van der Waals surface area contributed by atoms with Gasteiger partial charge in [-0.2, -0.15) is 13.5 Å². The molecular formula is C11H12N4O4S. The van der Waals surface area contributed by atoms with Crippen LogP contribution in [-0.2, 0) is 16.4 Å². The van der Waals surface area contributed by atoms with Gasteiger partial charge in [0.1, 0.15) is 0 Å². The fourth-order valence-corrected chi connectivity index (χ4v) is 2.37. The minimum Gasteiger partial charge on any atom is -0.478 e. The van der Waals surface area contributed by atoms with Crippen LogP contribution in [0.15, 0.2) is 29.4 Å². The normalized spacial score (nSPS) is 11.2. The highest BCUT2D eigenvalue weighted by Gasteiger charge is 2.18. The number of nitrogens with one attached hydrogen (secondary N) is 2. The number of aromatic nitrogens is 3. The second-order valence-electron chi connectivity index (χ2n) is 3.93. The van der Waals surface area contributed by atoms with Crippen molar-refractivity contribution in [3.63, 3.8) is 0 Å². The van der Waals surface area contributed by atoms with E-state index in [1.54, 1.807) is 6.07 Å². The van der Waals surface area contributed by atoms with Crippen molar-refractivity contribution >= 4 is 21.8 Å². The Balaban J connectivity index is 2.23. The van der Waals surface area contributed by atoms with Gasteiger partial charge in [0.15, 0.2) is 10.8 Å². The number of pyridine rings is 1. The maximum Gasteiger partial charge on any atom is 0.337 e. The first kappa shape index (κ1) is 14.0. The monoisotopic (exact) mass is 296 g/mol. The van der Waals surface area contributed by atoms with Gasteiger partial charge in [0, 0.05) is 18.0 Å². The molecular weight excluding hydrogens is 284 g/mol. The smallest absolute Gasteiger partial charge is 0.337 e. The Hall–Kier alpha value is -2.42. The highest BCUT2D eigenvalue weighted by Crippen LogP contribution is 2.13. The first-order valence-corrected chi connectivity index (χ1v) is 7.17. The molecule has 0 saturated carbocycles. The Morgan fingerprint density at radius 3 is 2.70 bits per heavy atom. The van der Waals surface area contributed by atoms with Crippen LogP contribution in [0.25, 0.3) is 0 Å². The van der Waals surface area contributed by atoms with Crippen LogP contribution in [0.5, 0.6) is 0 Å². The zero-order valence-corrected chi connectivity index (χ0v) is 11.3. The highest BCUT2D eigenvalue weighted by molar-refractivity contribution is 7.92. The summed E-state index contributed by atoms with van der Waals surface area (Å²) in [7, 11) is -3.89. The number of hydrogen-bond acceptors (Lipinski definition) is 5.